The van der Waals surface area contributed by atoms with Crippen molar-refractivity contribution in [2.24, 2.45) is 0 Å². The molecule has 0 atom stereocenters. The van der Waals surface area contributed by atoms with Gasteiger partial charge in [0.2, 0.25) is 5.28 Å². The van der Waals surface area contributed by atoms with Crippen LogP contribution in [0.5, 0.6) is 11.5 Å². The van der Waals surface area contributed by atoms with E-state index in [9.17, 15) is 55.4 Å². The first-order chi connectivity index (χ1) is 53.5. The standard InChI is InChI=1S/C28H32F3N5O.C15H14ClF2N3O.C12H16FN3O2.C12H18FN3.C7H5BrFNO2.C6H13N/c1-18(2)36-10-11-37-28-23(30)14-21(15-25(28)36)27-24(31)16-32-26(33-27)13-19-4-5-20(22(29)12-19)17-35-8-6-34(3)7-9-35;1-8(2)21-3-4-22-14-10(17)5-9(6-12(14)21)13-11(18)7-19-15(16)20-13;1-14-4-6-15(7-5-14)9-10-2-3-11(16(17)18)8-12(10)13;1-15-4-6-16(7-5-15)9-10-2-3-11(14)8-12(10)13;8-4-5-1-2-6(10(11)12)3-7(5)9;1-7-5-3-2-4-6-7/h4-5,12,14-16,18H,6-11,13,17H2,1-3H3;5-8H,3-4H2,1-2H3;2-3,8H,4-7,9H2,1H3;2-3,8H,4-7,9,14H2,1H3;1-3H,4H2;2-6H2,1H3. The molecule has 8 aromatic rings. The van der Waals surface area contributed by atoms with Gasteiger partial charge in [-0.1, -0.05) is 40.5 Å². The Balaban J connectivity index is 0.000000166. The summed E-state index contributed by atoms with van der Waals surface area (Å²) in [6.45, 7) is 26.1. The number of alkyl halides is 1. The maximum atomic E-state index is 14.9. The molecule has 0 amide bonds. The van der Waals surface area contributed by atoms with Crippen molar-refractivity contribution in [1.29, 1.82) is 0 Å². The van der Waals surface area contributed by atoms with Gasteiger partial charge in [0.25, 0.3) is 11.4 Å². The molecular formula is C80H98BrClF8N16O6. The predicted molar refractivity (Wildman–Crippen MR) is 424 cm³/mol. The number of piperazine rings is 3. The third kappa shape index (κ3) is 25.1. The Kier molecular flexibility index (Phi) is 32.6. The lowest BCUT2D eigenvalue weighted by Crippen LogP contribution is -2.44. The van der Waals surface area contributed by atoms with Crippen molar-refractivity contribution >= 4 is 56.0 Å². The van der Waals surface area contributed by atoms with E-state index in [0.29, 0.717) is 108 Å². The number of piperidine rings is 1. The molecule has 2 N–H and O–H groups in total. The number of likely N-dealkylation sites (tertiary alicyclic amines) is 1. The molecular weight excluding hydrogens is 1550 g/mol. The van der Waals surface area contributed by atoms with Gasteiger partial charge in [-0.25, -0.2) is 55.1 Å². The maximum absolute atomic E-state index is 14.9. The number of nitro groups is 2. The molecule has 22 nitrogen and oxygen atoms in total. The van der Waals surface area contributed by atoms with E-state index in [2.05, 4.69) is 98.4 Å². The average molecular weight is 1650 g/mol. The van der Waals surface area contributed by atoms with Crippen molar-refractivity contribution in [3.05, 3.63) is 215 Å². The van der Waals surface area contributed by atoms with E-state index < -0.39 is 44.7 Å². The number of anilines is 3. The summed E-state index contributed by atoms with van der Waals surface area (Å²) in [4.78, 5) is 55.3. The van der Waals surface area contributed by atoms with Crippen LogP contribution in [-0.2, 0) is 31.4 Å². The third-order valence-electron chi connectivity index (χ3n) is 19.9. The fourth-order valence-electron chi connectivity index (χ4n) is 13.2. The van der Waals surface area contributed by atoms with Crippen molar-refractivity contribution in [3.8, 4) is 34.0 Å². The van der Waals surface area contributed by atoms with Crippen LogP contribution in [0.15, 0.2) is 109 Å². The van der Waals surface area contributed by atoms with E-state index in [1.165, 1.54) is 80.9 Å². The van der Waals surface area contributed by atoms with Crippen molar-refractivity contribution in [1.82, 2.24) is 54.2 Å². The van der Waals surface area contributed by atoms with Crippen molar-refractivity contribution in [3.63, 3.8) is 0 Å². The Hall–Kier alpha value is -8.79. The Morgan fingerprint density at radius 3 is 1.25 bits per heavy atom. The third-order valence-corrected chi connectivity index (χ3v) is 20.7. The van der Waals surface area contributed by atoms with Crippen molar-refractivity contribution in [2.75, 3.05) is 162 Å². The second-order valence-electron chi connectivity index (χ2n) is 29.0. The van der Waals surface area contributed by atoms with E-state index >= 15 is 0 Å². The first-order valence-corrected chi connectivity index (χ1v) is 38.8. The second kappa shape index (κ2) is 41.8. The number of nitrogens with zero attached hydrogens (tertiary/aromatic N) is 15. The maximum Gasteiger partial charge on any atom is 0.272 e. The minimum atomic E-state index is -0.656. The van der Waals surface area contributed by atoms with Gasteiger partial charge in [0.05, 0.1) is 58.8 Å². The molecule has 2 aromatic heterocycles. The molecule has 0 unspecified atom stereocenters. The number of aromatic nitrogens is 4. The van der Waals surface area contributed by atoms with Gasteiger partial charge in [-0.05, 0) is 159 Å². The number of nitrogens with two attached hydrogens (primary N) is 1. The van der Waals surface area contributed by atoms with Gasteiger partial charge < -0.3 is 44.6 Å². The van der Waals surface area contributed by atoms with E-state index in [1.807, 2.05) is 43.6 Å². The highest BCUT2D eigenvalue weighted by Gasteiger charge is 2.29. The first-order valence-electron chi connectivity index (χ1n) is 37.3. The van der Waals surface area contributed by atoms with Crippen LogP contribution in [0, 0.1) is 66.8 Å². The number of nitro benzene ring substituents is 2. The lowest BCUT2D eigenvalue weighted by molar-refractivity contribution is -0.385. The highest BCUT2D eigenvalue weighted by Crippen LogP contribution is 2.41. The number of hydrogen-bond acceptors (Lipinski definition) is 20. The topological polar surface area (TPSA) is 211 Å². The summed E-state index contributed by atoms with van der Waals surface area (Å²) in [6.07, 6.45) is 6.56. The monoisotopic (exact) mass is 1640 g/mol. The molecule has 4 fully saturated rings. The highest BCUT2D eigenvalue weighted by atomic mass is 79.9. The van der Waals surface area contributed by atoms with E-state index in [0.717, 1.165) is 109 Å². The number of nitrogen functional groups attached to an aromatic ring is 1. The van der Waals surface area contributed by atoms with Crippen molar-refractivity contribution < 1.29 is 54.4 Å². The Labute approximate surface area is 662 Å². The molecule has 0 saturated carbocycles. The summed E-state index contributed by atoms with van der Waals surface area (Å²) in [5, 5.41) is 21.0. The number of benzene rings is 6. The lowest BCUT2D eigenvalue weighted by atomic mass is 10.1. The summed E-state index contributed by atoms with van der Waals surface area (Å²) in [5.74, 6) is -3.25. The van der Waals surface area contributed by atoms with E-state index in [-0.39, 0.29) is 69.7 Å². The molecule has 6 aliphatic rings. The minimum absolute atomic E-state index is 0.00754. The SMILES string of the molecule is CC(C)N1CCOc2c(F)cc(-c3nc(Cc4ccc(CN5CCN(C)CC5)c(F)c4)ncc3F)cc21.CC(C)N1CCOc2c(F)cc(-c3nc(Cl)ncc3F)cc21.CN1CCCCC1.CN1CCN(Cc2ccc(N)cc2F)CC1.CN1CCN(Cc2ccc([N+](=O)[O-])cc2F)CC1.O=[N+]([O-])c1ccc(CBr)c(F)c1. The normalized spacial score (nSPS) is 16.5. The molecule has 0 spiro atoms. The summed E-state index contributed by atoms with van der Waals surface area (Å²) < 4.78 is 124. The number of ether oxygens (including phenoxy) is 2. The largest absolute Gasteiger partial charge is 0.486 e. The summed E-state index contributed by atoms with van der Waals surface area (Å²) in [7, 11) is 8.45. The Bertz CT molecular complexity index is 4460. The summed E-state index contributed by atoms with van der Waals surface area (Å²) in [5.41, 5.74) is 10.3. The quantitative estimate of drug-likeness (QED) is 0.0252. The molecule has 0 radical (unpaired) electrons. The van der Waals surface area contributed by atoms with Gasteiger partial charge in [-0.3, -0.25) is 34.9 Å². The smallest absolute Gasteiger partial charge is 0.272 e. The molecule has 32 heteroatoms. The fourth-order valence-corrected chi connectivity index (χ4v) is 13.8. The summed E-state index contributed by atoms with van der Waals surface area (Å²) >= 11 is 8.77. The number of rotatable bonds is 15. The molecule has 0 bridgehead atoms. The van der Waals surface area contributed by atoms with Crippen LogP contribution in [-0.4, -0.2) is 222 Å². The van der Waals surface area contributed by atoms with E-state index in [1.54, 1.807) is 30.3 Å². The van der Waals surface area contributed by atoms with Gasteiger partial charge >= 0.3 is 0 Å². The van der Waals surface area contributed by atoms with Crippen LogP contribution in [0.1, 0.15) is 80.6 Å². The molecule has 604 valence electrons. The number of fused-ring (bicyclic) bond motifs is 2. The highest BCUT2D eigenvalue weighted by molar-refractivity contribution is 9.08. The van der Waals surface area contributed by atoms with Gasteiger partial charge in [-0.2, -0.15) is 0 Å². The number of likely N-dealkylation sites (N-methyl/N-ethyl adjacent to an activating group) is 3. The van der Waals surface area contributed by atoms with Crippen LogP contribution >= 0.6 is 27.5 Å². The van der Waals surface area contributed by atoms with Crippen molar-refractivity contribution in [2.45, 2.75) is 90.4 Å². The van der Waals surface area contributed by atoms with Crippen LogP contribution < -0.4 is 25.0 Å². The Morgan fingerprint density at radius 1 is 0.464 bits per heavy atom. The van der Waals surface area contributed by atoms with Gasteiger partial charge in [0, 0.05) is 168 Å². The predicted octanol–water partition coefficient (Wildman–Crippen LogP) is 14.6. The van der Waals surface area contributed by atoms with E-state index in [4.69, 9.17) is 26.8 Å². The number of non-ortho nitro benzene ring substituents is 2. The molecule has 6 aromatic carbocycles. The zero-order valence-electron chi connectivity index (χ0n) is 64.4. The molecule has 112 heavy (non-hydrogen) atoms. The molecule has 8 heterocycles. The minimum Gasteiger partial charge on any atom is -0.486 e. The average Bonchev–Trinajstić information content (AvgIpc) is 0.778. The molecule has 14 rings (SSSR count). The number of hydrogen-bond donors (Lipinski definition) is 1. The zero-order chi connectivity index (χ0) is 80.9. The Morgan fingerprint density at radius 2 is 0.857 bits per heavy atom. The molecule has 4 saturated heterocycles. The van der Waals surface area contributed by atoms with Crippen LogP contribution in [0.4, 0.5) is 63.6 Å². The molecule has 6 aliphatic heterocycles. The van der Waals surface area contributed by atoms with Gasteiger partial charge in [0.15, 0.2) is 34.8 Å². The van der Waals surface area contributed by atoms with Crippen LogP contribution in [0.25, 0.3) is 22.5 Å². The van der Waals surface area contributed by atoms with Crippen LogP contribution in [0.3, 0.4) is 0 Å². The fraction of sp³-hybridized carbons (Fsp3) is 0.450. The summed E-state index contributed by atoms with van der Waals surface area (Å²) in [6, 6.07) is 23.6. The second-order valence-corrected chi connectivity index (χ2v) is 29.9. The lowest BCUT2D eigenvalue weighted by Gasteiger charge is -2.34. The molecule has 0 aliphatic carbocycles. The number of halogens is 10. The van der Waals surface area contributed by atoms with Crippen LogP contribution in [0.2, 0.25) is 5.28 Å². The first kappa shape index (κ1) is 87.2. The van der Waals surface area contributed by atoms with Gasteiger partial charge in [-0.15, -0.1) is 0 Å². The zero-order valence-corrected chi connectivity index (χ0v) is 66.8. The van der Waals surface area contributed by atoms with Gasteiger partial charge in [0.1, 0.15) is 53.7 Å².